The number of hydrogen-bond donors (Lipinski definition) is 3. The normalized spacial score (nSPS) is 14.3. The molecule has 1 saturated carbocycles. The molecule has 3 aromatic rings. The summed E-state index contributed by atoms with van der Waals surface area (Å²) in [4.78, 5) is 33.2. The van der Waals surface area contributed by atoms with Gasteiger partial charge in [-0.1, -0.05) is 12.1 Å². The number of benzene rings is 2. The minimum Gasteiger partial charge on any atom is -0.366 e. The van der Waals surface area contributed by atoms with E-state index < -0.39 is 41.2 Å². The fourth-order valence-electron chi connectivity index (χ4n) is 4.45. The molecule has 0 radical (unpaired) electrons. The van der Waals surface area contributed by atoms with Crippen LogP contribution in [-0.2, 0) is 11.2 Å². The number of primary amides is 1. The van der Waals surface area contributed by atoms with Crippen molar-refractivity contribution in [2.75, 3.05) is 6.54 Å². The number of halogens is 3. The number of carbonyl (C=O) groups excluding carboxylic acids is 2. The number of rotatable bonds is 11. The molecule has 1 aromatic heterocycles. The second-order valence-corrected chi connectivity index (χ2v) is 9.48. The van der Waals surface area contributed by atoms with Crippen molar-refractivity contribution in [2.45, 2.75) is 25.3 Å². The Hall–Kier alpha value is -4.85. The first kappa shape index (κ1) is 28.2. The van der Waals surface area contributed by atoms with Crippen molar-refractivity contribution in [2.24, 2.45) is 22.6 Å². The SMILES string of the molecule is N#CC(=N)C(C=NCC(=O)NC(Cc1cc(F)cc(F)c1)c1ncccc1-c1ccc(F)c(C(N)=O)c1)C1CC1. The minimum absolute atomic E-state index is 0.0538. The fraction of sp³-hybridized carbons (Fsp3) is 0.241. The molecule has 0 bridgehead atoms. The van der Waals surface area contributed by atoms with Gasteiger partial charge in [0.15, 0.2) is 0 Å². The highest BCUT2D eigenvalue weighted by atomic mass is 19.1. The standard InChI is InChI=1S/C29H25F3N6O2/c30-19-8-16(9-20(31)12-19)10-26(38-27(39)15-36-14-23(17-3-4-17)25(34)13-33)28-21(2-1-7-37-28)18-5-6-24(32)22(11-18)29(35)40/h1-2,5-9,11-12,14,17,23,26,34H,3-4,10,15H2,(H2,35,40)(H,38,39). The number of aromatic nitrogens is 1. The summed E-state index contributed by atoms with van der Waals surface area (Å²) >= 11 is 0. The number of nitrogens with two attached hydrogens (primary N) is 1. The zero-order valence-electron chi connectivity index (χ0n) is 21.2. The lowest BCUT2D eigenvalue weighted by Gasteiger charge is -2.21. The van der Waals surface area contributed by atoms with E-state index in [2.05, 4.69) is 15.3 Å². The van der Waals surface area contributed by atoms with Gasteiger partial charge in [0, 0.05) is 30.0 Å². The fourth-order valence-corrected chi connectivity index (χ4v) is 4.45. The van der Waals surface area contributed by atoms with Crippen LogP contribution >= 0.6 is 0 Å². The Kier molecular flexibility index (Phi) is 8.69. The first-order valence-electron chi connectivity index (χ1n) is 12.4. The molecule has 1 aliphatic carbocycles. The molecular weight excluding hydrogens is 521 g/mol. The van der Waals surface area contributed by atoms with Crippen molar-refractivity contribution >= 4 is 23.7 Å². The number of carbonyl (C=O) groups is 2. The second kappa shape index (κ2) is 12.3. The van der Waals surface area contributed by atoms with Crippen LogP contribution in [0.15, 0.2) is 59.7 Å². The highest BCUT2D eigenvalue weighted by molar-refractivity contribution is 6.07. The maximum atomic E-state index is 14.1. The van der Waals surface area contributed by atoms with Crippen molar-refractivity contribution in [3.8, 4) is 17.2 Å². The smallest absolute Gasteiger partial charge is 0.251 e. The third-order valence-corrected chi connectivity index (χ3v) is 6.49. The van der Waals surface area contributed by atoms with Crippen LogP contribution in [0.5, 0.6) is 0 Å². The summed E-state index contributed by atoms with van der Waals surface area (Å²) < 4.78 is 42.1. The molecule has 1 fully saturated rings. The largest absolute Gasteiger partial charge is 0.366 e. The summed E-state index contributed by atoms with van der Waals surface area (Å²) in [7, 11) is 0. The highest BCUT2D eigenvalue weighted by Crippen LogP contribution is 2.36. The Bertz CT molecular complexity index is 1510. The predicted octanol–water partition coefficient (Wildman–Crippen LogP) is 4.31. The summed E-state index contributed by atoms with van der Waals surface area (Å²) in [6, 6.07) is 11.0. The van der Waals surface area contributed by atoms with Crippen LogP contribution in [0.3, 0.4) is 0 Å². The van der Waals surface area contributed by atoms with E-state index in [0.717, 1.165) is 37.1 Å². The number of nitriles is 1. The summed E-state index contributed by atoms with van der Waals surface area (Å²) in [5.41, 5.74) is 6.23. The van der Waals surface area contributed by atoms with Crippen LogP contribution in [0, 0.1) is 46.0 Å². The van der Waals surface area contributed by atoms with Crippen molar-refractivity contribution < 1.29 is 22.8 Å². The van der Waals surface area contributed by atoms with Gasteiger partial charge in [0.2, 0.25) is 5.91 Å². The molecule has 0 spiro atoms. The van der Waals surface area contributed by atoms with Gasteiger partial charge >= 0.3 is 0 Å². The van der Waals surface area contributed by atoms with E-state index in [0.29, 0.717) is 16.8 Å². The number of nitrogens with one attached hydrogen (secondary N) is 2. The molecule has 204 valence electrons. The van der Waals surface area contributed by atoms with Crippen LogP contribution in [0.2, 0.25) is 0 Å². The van der Waals surface area contributed by atoms with Gasteiger partial charge in [0.25, 0.3) is 5.91 Å². The maximum absolute atomic E-state index is 14.1. The van der Waals surface area contributed by atoms with Gasteiger partial charge < -0.3 is 11.1 Å². The third kappa shape index (κ3) is 6.96. The van der Waals surface area contributed by atoms with E-state index in [4.69, 9.17) is 16.4 Å². The van der Waals surface area contributed by atoms with Crippen LogP contribution in [-0.4, -0.2) is 35.3 Å². The number of hydrogen-bond acceptors (Lipinski definition) is 6. The van der Waals surface area contributed by atoms with E-state index in [9.17, 15) is 22.8 Å². The lowest BCUT2D eigenvalue weighted by molar-refractivity contribution is -0.120. The molecule has 1 aliphatic rings. The van der Waals surface area contributed by atoms with Gasteiger partial charge in [0.1, 0.15) is 35.8 Å². The third-order valence-electron chi connectivity index (χ3n) is 6.49. The van der Waals surface area contributed by atoms with E-state index in [1.807, 2.05) is 6.07 Å². The van der Waals surface area contributed by atoms with Crippen LogP contribution < -0.4 is 11.1 Å². The maximum Gasteiger partial charge on any atom is 0.251 e. The molecule has 4 N–H and O–H groups in total. The highest BCUT2D eigenvalue weighted by Gasteiger charge is 2.33. The van der Waals surface area contributed by atoms with Gasteiger partial charge in [-0.05, 0) is 66.6 Å². The first-order valence-corrected chi connectivity index (χ1v) is 12.4. The van der Waals surface area contributed by atoms with Crippen molar-refractivity contribution in [1.29, 1.82) is 10.7 Å². The molecular formula is C29H25F3N6O2. The predicted molar refractivity (Wildman–Crippen MR) is 142 cm³/mol. The Morgan fingerprint density at radius 2 is 1.90 bits per heavy atom. The molecule has 2 aromatic carbocycles. The number of amides is 2. The Balaban J connectivity index is 1.65. The topological polar surface area (TPSA) is 145 Å². The number of aliphatic imine (C=N–C) groups is 1. The Morgan fingerprint density at radius 3 is 2.55 bits per heavy atom. The van der Waals surface area contributed by atoms with E-state index >= 15 is 0 Å². The minimum atomic E-state index is -0.961. The molecule has 8 nitrogen and oxygen atoms in total. The van der Waals surface area contributed by atoms with Gasteiger partial charge in [-0.25, -0.2) is 13.2 Å². The average molecular weight is 547 g/mol. The van der Waals surface area contributed by atoms with Crippen molar-refractivity contribution in [3.05, 3.63) is 89.0 Å². The van der Waals surface area contributed by atoms with E-state index in [-0.39, 0.29) is 35.7 Å². The number of nitrogens with zero attached hydrogens (tertiary/aromatic N) is 3. The van der Waals surface area contributed by atoms with Crippen molar-refractivity contribution in [1.82, 2.24) is 10.3 Å². The summed E-state index contributed by atoms with van der Waals surface area (Å²) in [5.74, 6) is -4.17. The summed E-state index contributed by atoms with van der Waals surface area (Å²) in [6.07, 6.45) is 4.61. The molecule has 1 heterocycles. The summed E-state index contributed by atoms with van der Waals surface area (Å²) in [6.45, 7) is -0.319. The average Bonchev–Trinajstić information content (AvgIpc) is 3.75. The quantitative estimate of drug-likeness (QED) is 0.308. The molecule has 11 heteroatoms. The van der Waals surface area contributed by atoms with E-state index in [1.54, 1.807) is 12.1 Å². The van der Waals surface area contributed by atoms with Crippen LogP contribution in [0.1, 0.15) is 40.5 Å². The monoisotopic (exact) mass is 546 g/mol. The Labute approximate surface area is 228 Å². The van der Waals surface area contributed by atoms with Gasteiger partial charge in [0.05, 0.1) is 17.3 Å². The van der Waals surface area contributed by atoms with Gasteiger partial charge in [-0.15, -0.1) is 0 Å². The number of pyridine rings is 1. The molecule has 0 aliphatic heterocycles. The van der Waals surface area contributed by atoms with Crippen LogP contribution in [0.25, 0.3) is 11.1 Å². The first-order chi connectivity index (χ1) is 19.2. The van der Waals surface area contributed by atoms with Crippen molar-refractivity contribution in [3.63, 3.8) is 0 Å². The molecule has 0 saturated heterocycles. The molecule has 2 unspecified atom stereocenters. The van der Waals surface area contributed by atoms with Gasteiger partial charge in [-0.2, -0.15) is 5.26 Å². The molecule has 2 atom stereocenters. The molecule has 4 rings (SSSR count). The second-order valence-electron chi connectivity index (χ2n) is 9.48. The lowest BCUT2D eigenvalue weighted by atomic mass is 9.94. The summed E-state index contributed by atoms with van der Waals surface area (Å²) in [5, 5.41) is 19.7. The van der Waals surface area contributed by atoms with Crippen LogP contribution in [0.4, 0.5) is 13.2 Å². The zero-order chi connectivity index (χ0) is 28.8. The molecule has 2 amide bonds. The van der Waals surface area contributed by atoms with Gasteiger partial charge in [-0.3, -0.25) is 25.0 Å². The van der Waals surface area contributed by atoms with E-state index in [1.165, 1.54) is 24.5 Å². The molecule has 40 heavy (non-hydrogen) atoms. The lowest BCUT2D eigenvalue weighted by Crippen LogP contribution is -2.33. The Morgan fingerprint density at radius 1 is 1.18 bits per heavy atom. The zero-order valence-corrected chi connectivity index (χ0v) is 21.2.